The molecule has 9 heteroatoms. The molecule has 0 unspecified atom stereocenters. The number of benzene rings is 1. The molecular formula is C18H28F3IN4O. The van der Waals surface area contributed by atoms with E-state index in [1.165, 1.54) is 12.1 Å². The fourth-order valence-corrected chi connectivity index (χ4v) is 2.31. The lowest BCUT2D eigenvalue weighted by Gasteiger charge is -2.28. The van der Waals surface area contributed by atoms with Gasteiger partial charge in [0.1, 0.15) is 0 Å². The van der Waals surface area contributed by atoms with Crippen LogP contribution in [-0.4, -0.2) is 44.0 Å². The average Bonchev–Trinajstić information content (AvgIpc) is 2.55. The Labute approximate surface area is 175 Å². The molecule has 0 atom stereocenters. The summed E-state index contributed by atoms with van der Waals surface area (Å²) in [6.45, 7) is 6.84. The van der Waals surface area contributed by atoms with Gasteiger partial charge >= 0.3 is 6.18 Å². The van der Waals surface area contributed by atoms with Gasteiger partial charge in [-0.3, -0.25) is 9.79 Å². The molecule has 154 valence electrons. The van der Waals surface area contributed by atoms with Crippen molar-refractivity contribution in [3.05, 3.63) is 35.4 Å². The van der Waals surface area contributed by atoms with E-state index in [4.69, 9.17) is 0 Å². The van der Waals surface area contributed by atoms with Gasteiger partial charge in [0.15, 0.2) is 5.96 Å². The highest BCUT2D eigenvalue weighted by Crippen LogP contribution is 2.29. The number of nitrogens with one attached hydrogen (secondary N) is 2. The van der Waals surface area contributed by atoms with Crippen LogP contribution < -0.4 is 10.6 Å². The topological polar surface area (TPSA) is 56.7 Å². The van der Waals surface area contributed by atoms with Crippen molar-refractivity contribution in [3.63, 3.8) is 0 Å². The predicted octanol–water partition coefficient (Wildman–Crippen LogP) is 3.49. The van der Waals surface area contributed by atoms with E-state index in [2.05, 4.69) is 15.6 Å². The summed E-state index contributed by atoms with van der Waals surface area (Å²) in [5.41, 5.74) is -0.567. The van der Waals surface area contributed by atoms with Gasteiger partial charge in [0.05, 0.1) is 11.0 Å². The minimum absolute atomic E-state index is 0. The molecule has 0 fully saturated rings. The van der Waals surface area contributed by atoms with Crippen LogP contribution in [0.3, 0.4) is 0 Å². The lowest BCUT2D eigenvalue weighted by molar-refractivity contribution is -0.137. The van der Waals surface area contributed by atoms with E-state index in [0.717, 1.165) is 17.7 Å². The molecule has 0 radical (unpaired) electrons. The van der Waals surface area contributed by atoms with Gasteiger partial charge in [0, 0.05) is 33.7 Å². The number of alkyl halides is 3. The van der Waals surface area contributed by atoms with Crippen LogP contribution in [0.15, 0.2) is 29.3 Å². The van der Waals surface area contributed by atoms with Crippen molar-refractivity contribution < 1.29 is 18.0 Å². The molecule has 27 heavy (non-hydrogen) atoms. The number of hydrogen-bond acceptors (Lipinski definition) is 2. The molecule has 0 heterocycles. The fraction of sp³-hybridized carbons (Fsp3) is 0.556. The number of rotatable bonds is 6. The number of hydrogen-bond donors (Lipinski definition) is 2. The first kappa shape index (κ1) is 25.5. The largest absolute Gasteiger partial charge is 0.416 e. The average molecular weight is 500 g/mol. The van der Waals surface area contributed by atoms with Crippen molar-refractivity contribution in [3.8, 4) is 0 Å². The normalized spacial score (nSPS) is 12.2. The summed E-state index contributed by atoms with van der Waals surface area (Å²) in [6.07, 6.45) is -4.34. The zero-order valence-corrected chi connectivity index (χ0v) is 18.6. The molecule has 1 aromatic carbocycles. The van der Waals surface area contributed by atoms with Crippen LogP contribution in [-0.2, 0) is 17.5 Å². The summed E-state index contributed by atoms with van der Waals surface area (Å²) in [7, 11) is 3.40. The summed E-state index contributed by atoms with van der Waals surface area (Å²) in [5, 5.41) is 5.93. The van der Waals surface area contributed by atoms with Gasteiger partial charge in [-0.05, 0) is 38.5 Å². The smallest absolute Gasteiger partial charge is 0.356 e. The van der Waals surface area contributed by atoms with E-state index in [-0.39, 0.29) is 29.9 Å². The Bertz CT molecular complexity index is 630. The summed E-state index contributed by atoms with van der Waals surface area (Å²) in [4.78, 5) is 18.0. The summed E-state index contributed by atoms with van der Waals surface area (Å²) in [6, 6.07) is 5.03. The number of carbonyl (C=O) groups excluding carboxylic acids is 1. The van der Waals surface area contributed by atoms with E-state index in [0.29, 0.717) is 25.6 Å². The van der Waals surface area contributed by atoms with Crippen LogP contribution in [0.2, 0.25) is 0 Å². The van der Waals surface area contributed by atoms with E-state index in [9.17, 15) is 18.0 Å². The SMILES string of the molecule is CCNC(=O)C(C)(C)CNC(=NC)N(C)Cc1ccc(C(F)(F)F)cc1.I. The summed E-state index contributed by atoms with van der Waals surface area (Å²) >= 11 is 0. The van der Waals surface area contributed by atoms with Crippen LogP contribution in [0.5, 0.6) is 0 Å². The Kier molecular flexibility index (Phi) is 10.1. The molecule has 0 aromatic heterocycles. The van der Waals surface area contributed by atoms with Gasteiger partial charge in [-0.25, -0.2) is 0 Å². The summed E-state index contributed by atoms with van der Waals surface area (Å²) < 4.78 is 37.9. The molecule has 1 amide bonds. The molecule has 0 spiro atoms. The third-order valence-corrected chi connectivity index (χ3v) is 3.91. The second-order valence-electron chi connectivity index (χ2n) is 6.69. The minimum Gasteiger partial charge on any atom is -0.356 e. The molecule has 0 aliphatic carbocycles. The third-order valence-electron chi connectivity index (χ3n) is 3.91. The number of guanidine groups is 1. The van der Waals surface area contributed by atoms with Gasteiger partial charge in [0.25, 0.3) is 0 Å². The maximum atomic E-state index is 12.6. The second-order valence-corrected chi connectivity index (χ2v) is 6.69. The Morgan fingerprint density at radius 2 is 1.70 bits per heavy atom. The number of carbonyl (C=O) groups is 1. The molecule has 0 saturated carbocycles. The first-order chi connectivity index (χ1) is 12.0. The minimum atomic E-state index is -4.34. The van der Waals surface area contributed by atoms with Crippen LogP contribution in [0, 0.1) is 5.41 Å². The van der Waals surface area contributed by atoms with E-state index in [1.54, 1.807) is 19.0 Å². The highest BCUT2D eigenvalue weighted by Gasteiger charge is 2.30. The number of aliphatic imine (C=N–C) groups is 1. The zero-order chi connectivity index (χ0) is 20.0. The zero-order valence-electron chi connectivity index (χ0n) is 16.3. The van der Waals surface area contributed by atoms with Gasteiger partial charge < -0.3 is 15.5 Å². The standard InChI is InChI=1S/C18H27F3N4O.HI/c1-6-23-15(26)17(2,3)12-24-16(22-4)25(5)11-13-7-9-14(10-8-13)18(19,20)21;/h7-10H,6,11-12H2,1-5H3,(H,22,24)(H,23,26);1H. The molecule has 1 rings (SSSR count). The highest BCUT2D eigenvalue weighted by atomic mass is 127. The third kappa shape index (κ3) is 7.94. The molecular weight excluding hydrogens is 472 g/mol. The second kappa shape index (κ2) is 10.7. The summed E-state index contributed by atoms with van der Waals surface area (Å²) in [5.74, 6) is 0.496. The van der Waals surface area contributed by atoms with Crippen molar-refractivity contribution in [1.29, 1.82) is 0 Å². The maximum absolute atomic E-state index is 12.6. The molecule has 2 N–H and O–H groups in total. The lowest BCUT2D eigenvalue weighted by atomic mass is 9.92. The first-order valence-electron chi connectivity index (χ1n) is 8.37. The van der Waals surface area contributed by atoms with Gasteiger partial charge in [0.2, 0.25) is 5.91 Å². The van der Waals surface area contributed by atoms with Crippen LogP contribution in [0.1, 0.15) is 31.9 Å². The van der Waals surface area contributed by atoms with Crippen LogP contribution >= 0.6 is 24.0 Å². The number of amides is 1. The van der Waals surface area contributed by atoms with Crippen LogP contribution in [0.25, 0.3) is 0 Å². The fourth-order valence-electron chi connectivity index (χ4n) is 2.31. The number of halogens is 4. The Morgan fingerprint density at radius 3 is 2.15 bits per heavy atom. The van der Waals surface area contributed by atoms with Crippen molar-refractivity contribution in [2.45, 2.75) is 33.5 Å². The molecule has 0 bridgehead atoms. The van der Waals surface area contributed by atoms with Crippen molar-refractivity contribution in [2.24, 2.45) is 10.4 Å². The first-order valence-corrected chi connectivity index (χ1v) is 8.37. The molecule has 0 aliphatic rings. The van der Waals surface area contributed by atoms with Crippen molar-refractivity contribution >= 4 is 35.8 Å². The Hall–Kier alpha value is -1.52. The Morgan fingerprint density at radius 1 is 1.15 bits per heavy atom. The predicted molar refractivity (Wildman–Crippen MR) is 112 cm³/mol. The van der Waals surface area contributed by atoms with Crippen molar-refractivity contribution in [2.75, 3.05) is 27.2 Å². The van der Waals surface area contributed by atoms with E-state index >= 15 is 0 Å². The molecule has 1 aromatic rings. The lowest BCUT2D eigenvalue weighted by Crippen LogP contribution is -2.48. The highest BCUT2D eigenvalue weighted by molar-refractivity contribution is 14.0. The number of nitrogens with zero attached hydrogens (tertiary/aromatic N) is 2. The van der Waals surface area contributed by atoms with Crippen LogP contribution in [0.4, 0.5) is 13.2 Å². The quantitative estimate of drug-likeness (QED) is 0.357. The molecule has 5 nitrogen and oxygen atoms in total. The monoisotopic (exact) mass is 500 g/mol. The Balaban J connectivity index is 0.00000676. The molecule has 0 aliphatic heterocycles. The van der Waals surface area contributed by atoms with Gasteiger partial charge in [-0.1, -0.05) is 12.1 Å². The van der Waals surface area contributed by atoms with Gasteiger partial charge in [-0.15, -0.1) is 24.0 Å². The maximum Gasteiger partial charge on any atom is 0.416 e. The van der Waals surface area contributed by atoms with Crippen molar-refractivity contribution in [1.82, 2.24) is 15.5 Å². The van der Waals surface area contributed by atoms with E-state index in [1.807, 2.05) is 20.8 Å². The van der Waals surface area contributed by atoms with E-state index < -0.39 is 17.2 Å². The van der Waals surface area contributed by atoms with Gasteiger partial charge in [-0.2, -0.15) is 13.2 Å². The molecule has 0 saturated heterocycles.